The highest BCUT2D eigenvalue weighted by Gasteiger charge is 2.32. The molecule has 0 aliphatic rings. The van der Waals surface area contributed by atoms with Crippen LogP contribution in [0.3, 0.4) is 0 Å². The minimum Gasteiger partial charge on any atom is -0.494 e. The average Bonchev–Trinajstić information content (AvgIpc) is 2.93. The van der Waals surface area contributed by atoms with Crippen molar-refractivity contribution in [3.05, 3.63) is 90.2 Å². The Morgan fingerprint density at radius 2 is 1.59 bits per heavy atom. The second-order valence-corrected chi connectivity index (χ2v) is 10.6. The van der Waals surface area contributed by atoms with E-state index in [1.807, 2.05) is 37.3 Å². The number of anilines is 1. The van der Waals surface area contributed by atoms with Gasteiger partial charge in [-0.3, -0.25) is 13.9 Å². The minimum atomic E-state index is -4.24. The Kier molecular flexibility index (Phi) is 10.4. The summed E-state index contributed by atoms with van der Waals surface area (Å²) in [5, 5.41) is 2.72. The summed E-state index contributed by atoms with van der Waals surface area (Å²) in [6, 6.07) is 19.4. The van der Waals surface area contributed by atoms with Crippen LogP contribution in [0.25, 0.3) is 0 Å². The summed E-state index contributed by atoms with van der Waals surface area (Å²) in [5.41, 5.74) is 1.09. The number of nitrogens with one attached hydrogen (secondary N) is 1. The fourth-order valence-corrected chi connectivity index (χ4v) is 5.44. The molecule has 0 aliphatic carbocycles. The van der Waals surface area contributed by atoms with E-state index in [1.54, 1.807) is 13.8 Å². The molecule has 1 atom stereocenters. The number of carbonyl (C=O) groups excluding carboxylic acids is 2. The largest absolute Gasteiger partial charge is 0.494 e. The molecule has 3 aromatic carbocycles. The van der Waals surface area contributed by atoms with Gasteiger partial charge < -0.3 is 15.0 Å². The number of halogens is 1. The molecule has 0 spiro atoms. The summed E-state index contributed by atoms with van der Waals surface area (Å²) in [4.78, 5) is 27.8. The Morgan fingerprint density at radius 3 is 2.18 bits per heavy atom. The molecule has 1 N–H and O–H groups in total. The van der Waals surface area contributed by atoms with Crippen molar-refractivity contribution in [2.75, 3.05) is 30.5 Å². The summed E-state index contributed by atoms with van der Waals surface area (Å²) in [5.74, 6) is -0.952. The lowest BCUT2D eigenvalue weighted by atomic mass is 10.1. The van der Waals surface area contributed by atoms with Crippen LogP contribution in [-0.2, 0) is 26.0 Å². The van der Waals surface area contributed by atoms with Crippen molar-refractivity contribution in [2.45, 2.75) is 38.1 Å². The maximum atomic E-state index is 13.8. The highest BCUT2D eigenvalue weighted by atomic mass is 32.2. The van der Waals surface area contributed by atoms with Crippen molar-refractivity contribution < 1.29 is 27.1 Å². The van der Waals surface area contributed by atoms with E-state index >= 15 is 0 Å². The van der Waals surface area contributed by atoms with Gasteiger partial charge in [0.05, 0.1) is 17.2 Å². The fourth-order valence-electron chi connectivity index (χ4n) is 4.03. The van der Waals surface area contributed by atoms with Gasteiger partial charge >= 0.3 is 0 Å². The Hall–Kier alpha value is -3.92. The van der Waals surface area contributed by atoms with E-state index in [9.17, 15) is 22.4 Å². The summed E-state index contributed by atoms with van der Waals surface area (Å²) < 4.78 is 47.6. The van der Waals surface area contributed by atoms with Crippen molar-refractivity contribution in [1.82, 2.24) is 10.2 Å². The predicted molar refractivity (Wildman–Crippen MR) is 149 cm³/mol. The highest BCUT2D eigenvalue weighted by molar-refractivity contribution is 7.92. The van der Waals surface area contributed by atoms with Gasteiger partial charge in [-0.05, 0) is 81.3 Å². The molecule has 0 saturated heterocycles. The molecule has 3 rings (SSSR count). The molecule has 0 bridgehead atoms. The molecule has 0 heterocycles. The first kappa shape index (κ1) is 29.6. The first-order valence-electron chi connectivity index (χ1n) is 12.8. The van der Waals surface area contributed by atoms with Crippen molar-refractivity contribution in [1.29, 1.82) is 0 Å². The third-order valence-electron chi connectivity index (χ3n) is 6.12. The molecule has 0 fully saturated rings. The second kappa shape index (κ2) is 13.7. The molecule has 0 aromatic heterocycles. The molecular weight excluding hydrogens is 521 g/mol. The van der Waals surface area contributed by atoms with Crippen LogP contribution in [0, 0.1) is 5.82 Å². The van der Waals surface area contributed by atoms with Crippen LogP contribution < -0.4 is 14.4 Å². The zero-order chi connectivity index (χ0) is 28.4. The van der Waals surface area contributed by atoms with Gasteiger partial charge in [0.2, 0.25) is 11.8 Å². The monoisotopic (exact) mass is 555 g/mol. The summed E-state index contributed by atoms with van der Waals surface area (Å²) >= 11 is 0. The predicted octanol–water partition coefficient (Wildman–Crippen LogP) is 4.02. The number of amides is 2. The van der Waals surface area contributed by atoms with Crippen LogP contribution in [0.2, 0.25) is 0 Å². The van der Waals surface area contributed by atoms with Gasteiger partial charge in [0.1, 0.15) is 24.2 Å². The van der Waals surface area contributed by atoms with E-state index in [-0.39, 0.29) is 23.0 Å². The quantitative estimate of drug-likeness (QED) is 0.344. The van der Waals surface area contributed by atoms with E-state index in [0.717, 1.165) is 22.0 Å². The number of sulfonamides is 1. The Bertz CT molecular complexity index is 1330. The maximum Gasteiger partial charge on any atom is 0.264 e. The lowest BCUT2D eigenvalue weighted by molar-refractivity contribution is -0.138. The van der Waals surface area contributed by atoms with E-state index < -0.39 is 34.3 Å². The SMILES string of the molecule is CCNC(=O)[C@H](C)N(CCc1ccccc1)C(=O)CN(c1ccc(F)cc1)S(=O)(=O)c1ccc(OCC)cc1. The van der Waals surface area contributed by atoms with Crippen LogP contribution >= 0.6 is 0 Å². The van der Waals surface area contributed by atoms with E-state index in [1.165, 1.54) is 41.3 Å². The molecule has 208 valence electrons. The van der Waals surface area contributed by atoms with Crippen LogP contribution in [0.5, 0.6) is 5.75 Å². The Labute approximate surface area is 229 Å². The smallest absolute Gasteiger partial charge is 0.264 e. The van der Waals surface area contributed by atoms with Gasteiger partial charge in [0.15, 0.2) is 0 Å². The molecule has 10 heteroatoms. The number of benzene rings is 3. The van der Waals surface area contributed by atoms with E-state index in [0.29, 0.717) is 25.3 Å². The first-order chi connectivity index (χ1) is 18.7. The zero-order valence-corrected chi connectivity index (χ0v) is 23.2. The van der Waals surface area contributed by atoms with Crippen LogP contribution in [0.1, 0.15) is 26.3 Å². The van der Waals surface area contributed by atoms with Crippen molar-refractivity contribution in [3.63, 3.8) is 0 Å². The summed E-state index contributed by atoms with van der Waals surface area (Å²) in [6.07, 6.45) is 0.471. The van der Waals surface area contributed by atoms with Gasteiger partial charge in [-0.1, -0.05) is 30.3 Å². The van der Waals surface area contributed by atoms with Crippen molar-refractivity contribution >= 4 is 27.5 Å². The van der Waals surface area contributed by atoms with Gasteiger partial charge in [-0.15, -0.1) is 0 Å². The molecule has 0 radical (unpaired) electrons. The number of carbonyl (C=O) groups is 2. The molecular formula is C29H34FN3O5S. The van der Waals surface area contributed by atoms with Gasteiger partial charge in [-0.2, -0.15) is 0 Å². The number of hydrogen-bond acceptors (Lipinski definition) is 5. The number of hydrogen-bond donors (Lipinski definition) is 1. The highest BCUT2D eigenvalue weighted by Crippen LogP contribution is 2.26. The molecule has 39 heavy (non-hydrogen) atoms. The molecule has 3 aromatic rings. The number of rotatable bonds is 13. The van der Waals surface area contributed by atoms with Crippen molar-refractivity contribution in [3.8, 4) is 5.75 Å². The van der Waals surface area contributed by atoms with Crippen LogP contribution in [0.15, 0.2) is 83.8 Å². The number of likely N-dealkylation sites (N-methyl/N-ethyl adjacent to an activating group) is 1. The van der Waals surface area contributed by atoms with Crippen LogP contribution in [0.4, 0.5) is 10.1 Å². The summed E-state index contributed by atoms with van der Waals surface area (Å²) in [6.45, 7) is 5.62. The maximum absolute atomic E-state index is 13.8. The topological polar surface area (TPSA) is 96.0 Å². The van der Waals surface area contributed by atoms with Gasteiger partial charge in [-0.25, -0.2) is 12.8 Å². The zero-order valence-electron chi connectivity index (χ0n) is 22.3. The Morgan fingerprint density at radius 1 is 0.949 bits per heavy atom. The lowest BCUT2D eigenvalue weighted by Crippen LogP contribution is -2.52. The average molecular weight is 556 g/mol. The number of ether oxygens (including phenoxy) is 1. The number of nitrogens with zero attached hydrogens (tertiary/aromatic N) is 2. The van der Waals surface area contributed by atoms with Gasteiger partial charge in [0, 0.05) is 13.1 Å². The van der Waals surface area contributed by atoms with E-state index in [4.69, 9.17) is 4.74 Å². The lowest BCUT2D eigenvalue weighted by Gasteiger charge is -2.32. The molecule has 2 amide bonds. The van der Waals surface area contributed by atoms with E-state index in [2.05, 4.69) is 5.32 Å². The summed E-state index contributed by atoms with van der Waals surface area (Å²) in [7, 11) is -4.24. The third kappa shape index (κ3) is 7.79. The normalized spacial score (nSPS) is 11.9. The third-order valence-corrected chi connectivity index (χ3v) is 7.91. The molecule has 0 saturated carbocycles. The van der Waals surface area contributed by atoms with Crippen LogP contribution in [-0.4, -0.2) is 57.4 Å². The second-order valence-electron chi connectivity index (χ2n) is 8.79. The van der Waals surface area contributed by atoms with Gasteiger partial charge in [0.25, 0.3) is 10.0 Å². The minimum absolute atomic E-state index is 0.0595. The fraction of sp³-hybridized carbons (Fsp3) is 0.310. The molecule has 0 aliphatic heterocycles. The molecule has 0 unspecified atom stereocenters. The molecule has 8 nitrogen and oxygen atoms in total. The first-order valence-corrected chi connectivity index (χ1v) is 14.2. The standard InChI is InChI=1S/C29H34FN3O5S/c1-4-31-29(35)22(3)32(20-19-23-9-7-6-8-10-23)28(34)21-33(25-13-11-24(30)12-14-25)39(36,37)27-17-15-26(16-18-27)38-5-2/h6-18,22H,4-5,19-21H2,1-3H3,(H,31,35)/t22-/m0/s1. The van der Waals surface area contributed by atoms with Crippen molar-refractivity contribution in [2.24, 2.45) is 0 Å². The Balaban J connectivity index is 1.96.